The van der Waals surface area contributed by atoms with Crippen molar-refractivity contribution in [2.75, 3.05) is 13.2 Å². The van der Waals surface area contributed by atoms with Crippen LogP contribution in [0.3, 0.4) is 0 Å². The van der Waals surface area contributed by atoms with Crippen LogP contribution >= 0.6 is 0 Å². The molecule has 0 amide bonds. The number of aryl methyl sites for hydroxylation is 1. The second kappa shape index (κ2) is 11.1. The Morgan fingerprint density at radius 1 is 1.12 bits per heavy atom. The molecule has 0 saturated carbocycles. The van der Waals surface area contributed by atoms with Gasteiger partial charge in [0.15, 0.2) is 0 Å². The van der Waals surface area contributed by atoms with Crippen molar-refractivity contribution in [2.45, 2.75) is 78.1 Å². The third-order valence-electron chi connectivity index (χ3n) is 5.87. The normalized spacial score (nSPS) is 14.0. The highest BCUT2D eigenvalue weighted by molar-refractivity contribution is 5.71. The van der Waals surface area contributed by atoms with Crippen molar-refractivity contribution in [3.63, 3.8) is 0 Å². The summed E-state index contributed by atoms with van der Waals surface area (Å²) in [6.45, 7) is 9.65. The molecule has 1 aromatic carbocycles. The molecule has 1 aliphatic rings. The first-order chi connectivity index (χ1) is 15.4. The minimum Gasteiger partial charge on any atom is -0.493 e. The highest BCUT2D eigenvalue weighted by atomic mass is 16.5. The van der Waals surface area contributed by atoms with Crippen LogP contribution in [0.2, 0.25) is 0 Å². The molecule has 5 heteroatoms. The molecule has 0 fully saturated rings. The van der Waals surface area contributed by atoms with Crippen LogP contribution in [0.25, 0.3) is 0 Å². The zero-order valence-corrected chi connectivity index (χ0v) is 19.8. The lowest BCUT2D eigenvalue weighted by Gasteiger charge is -2.33. The molecule has 5 nitrogen and oxygen atoms in total. The van der Waals surface area contributed by atoms with Gasteiger partial charge in [0.05, 0.1) is 18.8 Å². The molecular formula is C27H34N2O3. The second-order valence-electron chi connectivity index (χ2n) is 8.92. The van der Waals surface area contributed by atoms with Crippen molar-refractivity contribution in [2.24, 2.45) is 0 Å². The fourth-order valence-corrected chi connectivity index (χ4v) is 3.88. The van der Waals surface area contributed by atoms with Gasteiger partial charge in [-0.25, -0.2) is 9.97 Å². The second-order valence-corrected chi connectivity index (χ2v) is 8.92. The van der Waals surface area contributed by atoms with E-state index in [9.17, 15) is 4.79 Å². The molecule has 0 spiro atoms. The van der Waals surface area contributed by atoms with Crippen LogP contribution in [0.4, 0.5) is 0 Å². The van der Waals surface area contributed by atoms with E-state index >= 15 is 0 Å². The van der Waals surface area contributed by atoms with Crippen LogP contribution in [0, 0.1) is 11.8 Å². The number of carbonyl (C=O) groups is 1. The molecule has 0 bridgehead atoms. The van der Waals surface area contributed by atoms with Crippen LogP contribution in [0.5, 0.6) is 5.75 Å². The van der Waals surface area contributed by atoms with Crippen molar-refractivity contribution in [3.8, 4) is 17.6 Å². The number of unbranched alkanes of at least 4 members (excludes halogenated alkanes) is 3. The van der Waals surface area contributed by atoms with E-state index < -0.39 is 0 Å². The van der Waals surface area contributed by atoms with Gasteiger partial charge < -0.3 is 9.47 Å². The Morgan fingerprint density at radius 2 is 1.91 bits per heavy atom. The zero-order valence-electron chi connectivity index (χ0n) is 19.8. The van der Waals surface area contributed by atoms with Gasteiger partial charge in [0.2, 0.25) is 0 Å². The molecule has 1 aromatic heterocycles. The minimum absolute atomic E-state index is 0.0720. The van der Waals surface area contributed by atoms with E-state index in [1.807, 2.05) is 0 Å². The van der Waals surface area contributed by atoms with E-state index in [4.69, 9.17) is 9.47 Å². The number of rotatable bonds is 8. The van der Waals surface area contributed by atoms with Crippen molar-refractivity contribution < 1.29 is 14.3 Å². The topological polar surface area (TPSA) is 61.3 Å². The summed E-state index contributed by atoms with van der Waals surface area (Å²) < 4.78 is 10.9. The lowest BCUT2D eigenvalue weighted by molar-refractivity contribution is -0.142. The van der Waals surface area contributed by atoms with Gasteiger partial charge in [0.25, 0.3) is 0 Å². The molecule has 0 saturated heterocycles. The molecule has 0 N–H and O–H groups in total. The summed E-state index contributed by atoms with van der Waals surface area (Å²) in [5.41, 5.74) is 4.32. The van der Waals surface area contributed by atoms with Crippen molar-refractivity contribution >= 4 is 5.97 Å². The van der Waals surface area contributed by atoms with Gasteiger partial charge in [-0.15, -0.1) is 0 Å². The Hall–Kier alpha value is -2.87. The molecule has 32 heavy (non-hydrogen) atoms. The van der Waals surface area contributed by atoms with E-state index in [0.717, 1.165) is 42.7 Å². The first-order valence-corrected chi connectivity index (χ1v) is 11.7. The number of fused-ring (bicyclic) bond motifs is 1. The van der Waals surface area contributed by atoms with Gasteiger partial charge in [0.1, 0.15) is 18.0 Å². The highest BCUT2D eigenvalue weighted by Gasteiger charge is 2.29. The largest absolute Gasteiger partial charge is 0.493 e. The van der Waals surface area contributed by atoms with E-state index in [-0.39, 0.29) is 17.8 Å². The molecule has 2 aromatic rings. The number of esters is 1. The Labute approximate surface area is 192 Å². The molecule has 1 aliphatic heterocycles. The van der Waals surface area contributed by atoms with Crippen molar-refractivity contribution in [3.05, 3.63) is 52.6 Å². The zero-order chi connectivity index (χ0) is 23.0. The van der Waals surface area contributed by atoms with Crippen LogP contribution in [0.1, 0.15) is 87.9 Å². The number of aromatic nitrogens is 2. The lowest BCUT2D eigenvalue weighted by Crippen LogP contribution is -2.27. The van der Waals surface area contributed by atoms with Crippen LogP contribution in [0.15, 0.2) is 24.5 Å². The van der Waals surface area contributed by atoms with Crippen LogP contribution in [-0.4, -0.2) is 29.2 Å². The average Bonchev–Trinajstić information content (AvgIpc) is 2.76. The minimum atomic E-state index is -0.321. The number of ether oxygens (including phenoxy) is 2. The van der Waals surface area contributed by atoms with E-state index in [0.29, 0.717) is 12.4 Å². The number of benzene rings is 1. The van der Waals surface area contributed by atoms with Gasteiger partial charge >= 0.3 is 5.97 Å². The molecule has 3 rings (SSSR count). The maximum atomic E-state index is 11.6. The van der Waals surface area contributed by atoms with Gasteiger partial charge in [-0.3, -0.25) is 4.79 Å². The van der Waals surface area contributed by atoms with E-state index in [1.165, 1.54) is 30.4 Å². The quantitative estimate of drug-likeness (QED) is 0.326. The molecular weight excluding hydrogens is 400 g/mol. The van der Waals surface area contributed by atoms with Gasteiger partial charge in [-0.05, 0) is 49.3 Å². The summed E-state index contributed by atoms with van der Waals surface area (Å²) in [7, 11) is 0. The molecule has 2 heterocycles. The molecule has 0 aliphatic carbocycles. The third-order valence-corrected chi connectivity index (χ3v) is 5.87. The maximum Gasteiger partial charge on any atom is 0.313 e. The Balaban J connectivity index is 1.84. The van der Waals surface area contributed by atoms with Crippen LogP contribution < -0.4 is 4.74 Å². The highest BCUT2D eigenvalue weighted by Crippen LogP contribution is 2.40. The summed E-state index contributed by atoms with van der Waals surface area (Å²) in [6.07, 6.45) is 10.3. The fourth-order valence-electron chi connectivity index (χ4n) is 3.88. The van der Waals surface area contributed by atoms with Crippen molar-refractivity contribution in [1.29, 1.82) is 0 Å². The molecule has 0 radical (unpaired) electrons. The lowest BCUT2D eigenvalue weighted by atomic mass is 9.78. The van der Waals surface area contributed by atoms with Crippen molar-refractivity contribution in [1.82, 2.24) is 9.97 Å². The van der Waals surface area contributed by atoms with Gasteiger partial charge in [-0.2, -0.15) is 0 Å². The first kappa shape index (κ1) is 23.8. The monoisotopic (exact) mass is 434 g/mol. The Bertz CT molecular complexity index is 984. The predicted molar refractivity (Wildman–Crippen MR) is 126 cm³/mol. The summed E-state index contributed by atoms with van der Waals surface area (Å²) in [4.78, 5) is 20.1. The third kappa shape index (κ3) is 6.32. The first-order valence-electron chi connectivity index (χ1n) is 11.7. The average molecular weight is 435 g/mol. The number of carbonyl (C=O) groups excluding carboxylic acids is 1. The maximum absolute atomic E-state index is 11.6. The number of nitrogens with zero attached hydrogens (tertiary/aromatic N) is 2. The number of hydrogen-bond acceptors (Lipinski definition) is 5. The summed E-state index contributed by atoms with van der Waals surface area (Å²) in [6, 6.07) is 4.41. The Morgan fingerprint density at radius 3 is 2.62 bits per heavy atom. The van der Waals surface area contributed by atoms with E-state index in [2.05, 4.69) is 54.7 Å². The summed E-state index contributed by atoms with van der Waals surface area (Å²) >= 11 is 0. The summed E-state index contributed by atoms with van der Waals surface area (Å²) in [5, 5.41) is 0. The fraction of sp³-hybridized carbons (Fsp3) is 0.519. The predicted octanol–water partition coefficient (Wildman–Crippen LogP) is 5.16. The van der Waals surface area contributed by atoms with E-state index in [1.54, 1.807) is 19.3 Å². The van der Waals surface area contributed by atoms with Crippen LogP contribution in [-0.2, 0) is 27.8 Å². The standard InChI is InChI=1S/C27H34N2O3/c1-5-7-8-9-10-21-16-24-23(27(3,4)13-14-32-24)15-22(21)12-11-20-18-28-25(29-19-20)17-26(30)31-6-2/h15-16,18-19H,5-10,13-14,17H2,1-4H3. The SMILES string of the molecule is CCCCCCc1cc2c(cc1C#Cc1cnc(CC(=O)OCC)nc1)C(C)(C)CCO2. The molecule has 170 valence electrons. The smallest absolute Gasteiger partial charge is 0.313 e. The Kier molecular flexibility index (Phi) is 8.27. The van der Waals surface area contributed by atoms with Gasteiger partial charge in [0, 0.05) is 23.5 Å². The molecule has 0 unspecified atom stereocenters. The summed E-state index contributed by atoms with van der Waals surface area (Å²) in [5.74, 6) is 7.70. The molecule has 0 atom stereocenters. The number of hydrogen-bond donors (Lipinski definition) is 0. The van der Waals surface area contributed by atoms with Gasteiger partial charge in [-0.1, -0.05) is 51.9 Å².